The van der Waals surface area contributed by atoms with E-state index < -0.39 is 45.5 Å². The first-order valence-electron chi connectivity index (χ1n) is 13.6. The van der Waals surface area contributed by atoms with Crippen molar-refractivity contribution in [3.05, 3.63) is 68.1 Å². The number of aromatic nitrogens is 1. The molecule has 3 aliphatic rings. The number of phenolic OH excluding ortho intramolecular Hbond substituents is 1. The summed E-state index contributed by atoms with van der Waals surface area (Å²) in [4.78, 5) is 56.8. The number of imide groups is 1. The van der Waals surface area contributed by atoms with E-state index in [0.29, 0.717) is 28.6 Å². The highest BCUT2D eigenvalue weighted by atomic mass is 32.2. The Labute approximate surface area is 251 Å². The molecule has 0 saturated carbocycles. The fourth-order valence-electron chi connectivity index (χ4n) is 5.96. The number of carbonyl (C=O) groups excluding carboxylic acids is 3. The van der Waals surface area contributed by atoms with Crippen molar-refractivity contribution in [3.8, 4) is 11.5 Å². The van der Waals surface area contributed by atoms with Crippen LogP contribution in [-0.4, -0.2) is 57.7 Å². The molecule has 0 radical (unpaired) electrons. The minimum absolute atomic E-state index is 0.104. The fraction of sp³-hybridized carbons (Fsp3) is 0.379. The maximum Gasteiger partial charge on any atom is 0.416 e. The van der Waals surface area contributed by atoms with Gasteiger partial charge in [0.2, 0.25) is 17.7 Å². The average Bonchev–Trinajstić information content (AvgIpc) is 3.43. The van der Waals surface area contributed by atoms with Crippen molar-refractivity contribution in [2.45, 2.75) is 48.2 Å². The van der Waals surface area contributed by atoms with Crippen molar-refractivity contribution < 1.29 is 37.4 Å². The van der Waals surface area contributed by atoms with Crippen molar-refractivity contribution in [1.82, 2.24) is 9.47 Å². The Bertz CT molecular complexity index is 1680. The topological polar surface area (TPSA) is 109 Å². The van der Waals surface area contributed by atoms with Crippen molar-refractivity contribution in [1.29, 1.82) is 0 Å². The van der Waals surface area contributed by atoms with Crippen LogP contribution in [0.1, 0.15) is 41.2 Å². The monoisotopic (exact) mass is 633 g/mol. The standard InChI is InChI=1S/C29H26F3N3O6S2/c1-41-19-12-15(8-9-18(19)36)21-22-23(26(39)35(25(22)38)17-7-5-6-16(13-17)29(30,31)32)42-27-24(21)43-28(40)34(27)14-20(37)33-10-3-2-4-11-33/h5-9,12-13,21-23,36H,2-4,10-11,14H2,1H3/t21-,22+,23-/m0/s1. The Morgan fingerprint density at radius 2 is 1.79 bits per heavy atom. The number of anilines is 1. The third-order valence-corrected chi connectivity index (χ3v) is 10.6. The number of fused-ring (bicyclic) bond motifs is 2. The van der Waals surface area contributed by atoms with Crippen LogP contribution in [0.25, 0.3) is 0 Å². The molecule has 9 nitrogen and oxygen atoms in total. The molecule has 1 aromatic heterocycles. The van der Waals surface area contributed by atoms with Crippen molar-refractivity contribution in [2.24, 2.45) is 5.92 Å². The lowest BCUT2D eigenvalue weighted by Gasteiger charge is -2.31. The number of hydrogen-bond acceptors (Lipinski definition) is 8. The predicted molar refractivity (Wildman–Crippen MR) is 153 cm³/mol. The largest absolute Gasteiger partial charge is 0.504 e. The van der Waals surface area contributed by atoms with Crippen LogP contribution in [0.3, 0.4) is 0 Å². The quantitative estimate of drug-likeness (QED) is 0.414. The Morgan fingerprint density at radius 3 is 2.49 bits per heavy atom. The third-order valence-electron chi connectivity index (χ3n) is 8.05. The lowest BCUT2D eigenvalue weighted by molar-refractivity contribution is -0.137. The maximum atomic E-state index is 14.0. The number of aromatic hydroxyl groups is 1. The summed E-state index contributed by atoms with van der Waals surface area (Å²) >= 11 is 1.85. The van der Waals surface area contributed by atoms with Gasteiger partial charge in [0.15, 0.2) is 11.5 Å². The second-order valence-electron chi connectivity index (χ2n) is 10.6. The molecule has 226 valence electrons. The lowest BCUT2D eigenvalue weighted by Crippen LogP contribution is -2.39. The molecular formula is C29H26F3N3O6S2. The van der Waals surface area contributed by atoms with Gasteiger partial charge in [-0.1, -0.05) is 35.2 Å². The number of nitrogens with zero attached hydrogens (tertiary/aromatic N) is 3. The van der Waals surface area contributed by atoms with E-state index in [2.05, 4.69) is 0 Å². The molecule has 43 heavy (non-hydrogen) atoms. The predicted octanol–water partition coefficient (Wildman–Crippen LogP) is 4.45. The molecule has 0 bridgehead atoms. The van der Waals surface area contributed by atoms with Gasteiger partial charge in [0.1, 0.15) is 11.8 Å². The molecule has 2 saturated heterocycles. The summed E-state index contributed by atoms with van der Waals surface area (Å²) in [5.41, 5.74) is -0.742. The Hall–Kier alpha value is -3.78. The number of alkyl halides is 3. The van der Waals surface area contributed by atoms with Crippen LogP contribution in [0.2, 0.25) is 0 Å². The normalized spacial score (nSPS) is 22.0. The van der Waals surface area contributed by atoms with E-state index in [1.807, 2.05) is 0 Å². The minimum Gasteiger partial charge on any atom is -0.504 e. The highest BCUT2D eigenvalue weighted by Crippen LogP contribution is 2.54. The number of thiazole rings is 1. The first-order chi connectivity index (χ1) is 20.5. The number of rotatable bonds is 5. The number of piperidine rings is 1. The number of thioether (sulfide) groups is 1. The van der Waals surface area contributed by atoms with Crippen molar-refractivity contribution >= 4 is 46.5 Å². The SMILES string of the molecule is COc1cc([C@@H]2c3sc(=O)n(CC(=O)N4CCCCC4)c3S[C@@H]3C(=O)N(c4cccc(C(F)(F)F)c4)C(=O)[C@H]23)ccc1O. The summed E-state index contributed by atoms with van der Waals surface area (Å²) in [6, 6.07) is 8.46. The van der Waals surface area contributed by atoms with Gasteiger partial charge >= 0.3 is 11.0 Å². The molecule has 0 spiro atoms. The molecule has 14 heteroatoms. The zero-order chi connectivity index (χ0) is 30.6. The Morgan fingerprint density at radius 1 is 1.05 bits per heavy atom. The zero-order valence-electron chi connectivity index (χ0n) is 22.8. The Balaban J connectivity index is 1.45. The molecule has 0 unspecified atom stereocenters. The van der Waals surface area contributed by atoms with E-state index >= 15 is 0 Å². The molecule has 0 aliphatic carbocycles. The highest BCUT2D eigenvalue weighted by molar-refractivity contribution is 8.00. The van der Waals surface area contributed by atoms with Crippen LogP contribution in [-0.2, 0) is 27.1 Å². The molecule has 3 atom stereocenters. The maximum absolute atomic E-state index is 14.0. The van der Waals surface area contributed by atoms with Crippen LogP contribution >= 0.6 is 23.1 Å². The first-order valence-corrected chi connectivity index (χ1v) is 15.3. The molecule has 6 rings (SSSR count). The van der Waals surface area contributed by atoms with E-state index in [4.69, 9.17) is 4.74 Å². The van der Waals surface area contributed by atoms with Gasteiger partial charge < -0.3 is 14.7 Å². The number of hydrogen-bond donors (Lipinski definition) is 1. The van der Waals surface area contributed by atoms with Crippen LogP contribution in [0.15, 0.2) is 52.3 Å². The molecule has 3 aliphatic heterocycles. The second kappa shape index (κ2) is 11.1. The number of carbonyl (C=O) groups is 3. The summed E-state index contributed by atoms with van der Waals surface area (Å²) < 4.78 is 47.1. The van der Waals surface area contributed by atoms with Crippen LogP contribution in [0.4, 0.5) is 18.9 Å². The number of methoxy groups -OCH3 is 1. The van der Waals surface area contributed by atoms with Gasteiger partial charge in [-0.05, 0) is 55.2 Å². The van der Waals surface area contributed by atoms with Crippen molar-refractivity contribution in [2.75, 3.05) is 25.1 Å². The highest BCUT2D eigenvalue weighted by Gasteiger charge is 2.57. The molecule has 2 aromatic carbocycles. The van der Waals surface area contributed by atoms with Gasteiger partial charge in [-0.25, -0.2) is 4.90 Å². The summed E-state index contributed by atoms with van der Waals surface area (Å²) in [5, 5.41) is 9.51. The van der Waals surface area contributed by atoms with Crippen molar-refractivity contribution in [3.63, 3.8) is 0 Å². The number of ether oxygens (including phenoxy) is 1. The summed E-state index contributed by atoms with van der Waals surface area (Å²) in [5.74, 6) is -3.65. The van der Waals surface area contributed by atoms with Crippen LogP contribution < -0.4 is 14.5 Å². The Kier molecular flexibility index (Phi) is 7.53. The van der Waals surface area contributed by atoms with Crippen LogP contribution in [0, 0.1) is 5.92 Å². The summed E-state index contributed by atoms with van der Waals surface area (Å²) in [6.07, 6.45) is -1.93. The van der Waals surface area contributed by atoms with E-state index in [-0.39, 0.29) is 29.6 Å². The summed E-state index contributed by atoms with van der Waals surface area (Å²) in [6.45, 7) is 0.944. The lowest BCUT2D eigenvalue weighted by atomic mass is 9.83. The number of likely N-dealkylation sites (tertiary alicyclic amines) is 1. The molecule has 3 amide bonds. The average molecular weight is 634 g/mol. The van der Waals surface area contributed by atoms with E-state index in [0.717, 1.165) is 65.5 Å². The zero-order valence-corrected chi connectivity index (χ0v) is 24.4. The van der Waals surface area contributed by atoms with E-state index in [1.54, 1.807) is 11.0 Å². The van der Waals surface area contributed by atoms with Gasteiger partial charge in [-0.15, -0.1) is 0 Å². The third kappa shape index (κ3) is 5.09. The second-order valence-corrected chi connectivity index (χ2v) is 12.7. The molecular weight excluding hydrogens is 607 g/mol. The number of phenols is 1. The van der Waals surface area contributed by atoms with Crippen LogP contribution in [0.5, 0.6) is 11.5 Å². The fourth-order valence-corrected chi connectivity index (χ4v) is 8.73. The molecule has 4 heterocycles. The van der Waals surface area contributed by atoms with Gasteiger partial charge in [0.25, 0.3) is 0 Å². The van der Waals surface area contributed by atoms with Gasteiger partial charge in [-0.2, -0.15) is 13.2 Å². The minimum atomic E-state index is -4.68. The van der Waals surface area contributed by atoms with E-state index in [9.17, 15) is 37.5 Å². The molecule has 3 aromatic rings. The van der Waals surface area contributed by atoms with E-state index in [1.165, 1.54) is 29.9 Å². The number of amides is 3. The van der Waals surface area contributed by atoms with Gasteiger partial charge in [0, 0.05) is 23.9 Å². The van der Waals surface area contributed by atoms with Gasteiger partial charge in [-0.3, -0.25) is 23.7 Å². The molecule has 1 N–H and O–H groups in total. The smallest absolute Gasteiger partial charge is 0.416 e. The van der Waals surface area contributed by atoms with Gasteiger partial charge in [0.05, 0.1) is 29.3 Å². The summed E-state index contributed by atoms with van der Waals surface area (Å²) in [7, 11) is 1.35. The molecule has 2 fully saturated rings. The number of benzene rings is 2. The number of halogens is 3. The first kappa shape index (κ1) is 29.3.